The van der Waals surface area contributed by atoms with Crippen molar-refractivity contribution in [2.45, 2.75) is 19.3 Å². The summed E-state index contributed by atoms with van der Waals surface area (Å²) in [6.07, 6.45) is 0. The van der Waals surface area contributed by atoms with Gasteiger partial charge in [-0.05, 0) is 68.8 Å². The molecule has 0 atom stereocenters. The van der Waals surface area contributed by atoms with Crippen LogP contribution in [0.5, 0.6) is 0 Å². The fourth-order valence-corrected chi connectivity index (χ4v) is 5.18. The molecule has 164 valence electrons. The molecule has 1 N–H and O–H groups in total. The molecule has 0 saturated heterocycles. The number of anilines is 2. The van der Waals surface area contributed by atoms with E-state index in [9.17, 15) is 0 Å². The Kier molecular flexibility index (Phi) is 4.85. The summed E-state index contributed by atoms with van der Waals surface area (Å²) in [6.45, 7) is 4.64. The van der Waals surface area contributed by atoms with Crippen LogP contribution in [0, 0.1) is 0 Å². The summed E-state index contributed by atoms with van der Waals surface area (Å²) in [4.78, 5) is 0. The maximum atomic E-state index is 3.61. The summed E-state index contributed by atoms with van der Waals surface area (Å²) in [5, 5.41) is 3.61. The highest BCUT2D eigenvalue weighted by Gasteiger charge is 2.35. The number of fused-ring (bicyclic) bond motifs is 3. The molecule has 0 aliphatic heterocycles. The zero-order valence-electron chi connectivity index (χ0n) is 19.5. The van der Waals surface area contributed by atoms with E-state index in [1.165, 1.54) is 44.5 Å². The monoisotopic (exact) mass is 437 g/mol. The molecule has 34 heavy (non-hydrogen) atoms. The minimum Gasteiger partial charge on any atom is -0.356 e. The topological polar surface area (TPSA) is 12.0 Å². The molecule has 0 aromatic heterocycles. The Labute approximate surface area is 201 Å². The lowest BCUT2D eigenvalue weighted by Crippen LogP contribution is -2.15. The fraction of sp³-hybridized carbons (Fsp3) is 0.0909. The Morgan fingerprint density at radius 1 is 0.441 bits per heavy atom. The van der Waals surface area contributed by atoms with Gasteiger partial charge in [-0.3, -0.25) is 0 Å². The first-order valence-electron chi connectivity index (χ1n) is 11.9. The summed E-state index contributed by atoms with van der Waals surface area (Å²) in [6, 6.07) is 43.5. The van der Waals surface area contributed by atoms with Crippen LogP contribution in [-0.2, 0) is 5.41 Å². The third kappa shape index (κ3) is 3.50. The first kappa shape index (κ1) is 20.5. The molecular weight excluding hydrogens is 410 g/mol. The van der Waals surface area contributed by atoms with E-state index >= 15 is 0 Å². The van der Waals surface area contributed by atoms with E-state index in [4.69, 9.17) is 0 Å². The van der Waals surface area contributed by atoms with Gasteiger partial charge in [-0.15, -0.1) is 0 Å². The molecule has 0 bridgehead atoms. The zero-order valence-corrected chi connectivity index (χ0v) is 19.5. The third-order valence-electron chi connectivity index (χ3n) is 7.08. The smallest absolute Gasteiger partial charge is 0.0387 e. The quantitative estimate of drug-likeness (QED) is 0.296. The molecule has 1 aliphatic carbocycles. The number of hydrogen-bond acceptors (Lipinski definition) is 1. The van der Waals surface area contributed by atoms with Crippen LogP contribution in [0.4, 0.5) is 11.4 Å². The van der Waals surface area contributed by atoms with Gasteiger partial charge in [0.25, 0.3) is 0 Å². The first-order chi connectivity index (χ1) is 16.6. The fourth-order valence-electron chi connectivity index (χ4n) is 5.18. The molecule has 5 aromatic carbocycles. The van der Waals surface area contributed by atoms with Crippen molar-refractivity contribution >= 4 is 11.4 Å². The molecule has 0 saturated carbocycles. The van der Waals surface area contributed by atoms with Crippen molar-refractivity contribution in [3.05, 3.63) is 132 Å². The minimum atomic E-state index is 0.0133. The van der Waals surface area contributed by atoms with E-state index in [1.54, 1.807) is 0 Å². The van der Waals surface area contributed by atoms with Gasteiger partial charge in [0.1, 0.15) is 0 Å². The van der Waals surface area contributed by atoms with Gasteiger partial charge in [0.2, 0.25) is 0 Å². The molecule has 0 spiro atoms. The molecule has 0 unspecified atom stereocenters. The number of nitrogens with one attached hydrogen (secondary N) is 1. The number of benzene rings is 5. The van der Waals surface area contributed by atoms with E-state index in [2.05, 4.69) is 140 Å². The molecule has 1 nitrogen and oxygen atoms in total. The predicted octanol–water partition coefficient (Wildman–Crippen LogP) is 9.07. The summed E-state index contributed by atoms with van der Waals surface area (Å²) < 4.78 is 0. The van der Waals surface area contributed by atoms with Gasteiger partial charge in [0, 0.05) is 16.8 Å². The van der Waals surface area contributed by atoms with Gasteiger partial charge in [0.15, 0.2) is 0 Å². The predicted molar refractivity (Wildman–Crippen MR) is 145 cm³/mol. The Bertz CT molecular complexity index is 1460. The van der Waals surface area contributed by atoms with Crippen molar-refractivity contribution in [2.24, 2.45) is 0 Å². The summed E-state index contributed by atoms with van der Waals surface area (Å²) in [5.74, 6) is 0. The Balaban J connectivity index is 1.22. The van der Waals surface area contributed by atoms with E-state index in [1.807, 2.05) is 0 Å². The van der Waals surface area contributed by atoms with Crippen LogP contribution >= 0.6 is 0 Å². The maximum absolute atomic E-state index is 3.61. The van der Waals surface area contributed by atoms with Crippen molar-refractivity contribution in [3.63, 3.8) is 0 Å². The SMILES string of the molecule is CC1(C)c2ccccc2-c2ccc(Nc3ccc(-c4ccc(-c5ccccc5)cc4)cc3)cc21. The van der Waals surface area contributed by atoms with Gasteiger partial charge in [0.05, 0.1) is 0 Å². The van der Waals surface area contributed by atoms with Crippen LogP contribution in [0.2, 0.25) is 0 Å². The second kappa shape index (κ2) is 8.04. The summed E-state index contributed by atoms with van der Waals surface area (Å²) in [5.41, 5.74) is 12.7. The highest BCUT2D eigenvalue weighted by Crippen LogP contribution is 2.49. The van der Waals surface area contributed by atoms with E-state index in [-0.39, 0.29) is 5.41 Å². The molecule has 0 amide bonds. The van der Waals surface area contributed by atoms with Crippen molar-refractivity contribution in [3.8, 4) is 33.4 Å². The molecule has 6 rings (SSSR count). The van der Waals surface area contributed by atoms with Crippen LogP contribution in [-0.4, -0.2) is 0 Å². The molecule has 0 heterocycles. The molecule has 5 aromatic rings. The zero-order chi connectivity index (χ0) is 23.1. The lowest BCUT2D eigenvalue weighted by molar-refractivity contribution is 0.660. The minimum absolute atomic E-state index is 0.0133. The Morgan fingerprint density at radius 2 is 0.941 bits per heavy atom. The van der Waals surface area contributed by atoms with Gasteiger partial charge >= 0.3 is 0 Å². The number of rotatable bonds is 4. The first-order valence-corrected chi connectivity index (χ1v) is 11.9. The summed E-state index contributed by atoms with van der Waals surface area (Å²) in [7, 11) is 0. The number of hydrogen-bond donors (Lipinski definition) is 1. The Morgan fingerprint density at radius 3 is 1.62 bits per heavy atom. The maximum Gasteiger partial charge on any atom is 0.0387 e. The largest absolute Gasteiger partial charge is 0.356 e. The lowest BCUT2D eigenvalue weighted by atomic mass is 9.82. The highest BCUT2D eigenvalue weighted by molar-refractivity contribution is 5.83. The molecule has 0 radical (unpaired) electrons. The van der Waals surface area contributed by atoms with Crippen LogP contribution in [0.3, 0.4) is 0 Å². The normalized spacial score (nSPS) is 13.2. The van der Waals surface area contributed by atoms with Crippen molar-refractivity contribution in [1.29, 1.82) is 0 Å². The van der Waals surface area contributed by atoms with E-state index < -0.39 is 0 Å². The van der Waals surface area contributed by atoms with Crippen molar-refractivity contribution in [2.75, 3.05) is 5.32 Å². The molecular formula is C33H27N. The average Bonchev–Trinajstić information content (AvgIpc) is 3.12. The van der Waals surface area contributed by atoms with Crippen LogP contribution in [0.25, 0.3) is 33.4 Å². The van der Waals surface area contributed by atoms with Crippen LogP contribution in [0.1, 0.15) is 25.0 Å². The van der Waals surface area contributed by atoms with Gasteiger partial charge in [-0.25, -0.2) is 0 Å². The second-order valence-electron chi connectivity index (χ2n) is 9.58. The third-order valence-corrected chi connectivity index (χ3v) is 7.08. The lowest BCUT2D eigenvalue weighted by Gasteiger charge is -2.22. The second-order valence-corrected chi connectivity index (χ2v) is 9.58. The average molecular weight is 438 g/mol. The standard InChI is InChI=1S/C33H27N/c1-33(2)31-11-7-6-10-29(31)30-21-20-28(22-32(30)33)34-27-18-16-26(17-19-27)25-14-12-24(13-15-25)23-8-4-3-5-9-23/h3-22,34H,1-2H3. The highest BCUT2D eigenvalue weighted by atomic mass is 14.9. The molecule has 1 heteroatoms. The van der Waals surface area contributed by atoms with Crippen LogP contribution < -0.4 is 5.32 Å². The van der Waals surface area contributed by atoms with Gasteiger partial charge in [-0.2, -0.15) is 0 Å². The van der Waals surface area contributed by atoms with E-state index in [0.717, 1.165) is 11.4 Å². The Hall–Kier alpha value is -4.10. The summed E-state index contributed by atoms with van der Waals surface area (Å²) >= 11 is 0. The van der Waals surface area contributed by atoms with Gasteiger partial charge < -0.3 is 5.32 Å². The van der Waals surface area contributed by atoms with Crippen molar-refractivity contribution < 1.29 is 0 Å². The van der Waals surface area contributed by atoms with Gasteiger partial charge in [-0.1, -0.05) is 111 Å². The molecule has 0 fully saturated rings. The van der Waals surface area contributed by atoms with Crippen LogP contribution in [0.15, 0.2) is 121 Å². The van der Waals surface area contributed by atoms with E-state index in [0.29, 0.717) is 0 Å². The molecule has 1 aliphatic rings. The van der Waals surface area contributed by atoms with Crippen molar-refractivity contribution in [1.82, 2.24) is 0 Å².